The number of rotatable bonds is 4. The molecule has 3 nitrogen and oxygen atoms in total. The van der Waals surface area contributed by atoms with Gasteiger partial charge in [0, 0.05) is 4.47 Å². The Morgan fingerprint density at radius 1 is 1.16 bits per heavy atom. The molecule has 0 saturated carbocycles. The Bertz CT molecular complexity index is 597. The summed E-state index contributed by atoms with van der Waals surface area (Å²) in [6, 6.07) is 12.9. The van der Waals surface area contributed by atoms with Crippen molar-refractivity contribution < 1.29 is 14.6 Å². The monoisotopic (exact) mass is 384 g/mol. The minimum Gasteiger partial charge on any atom is -0.487 e. The Balaban J connectivity index is 2.27. The molecule has 0 aromatic heterocycles. The van der Waals surface area contributed by atoms with Crippen LogP contribution in [0.25, 0.3) is 0 Å². The molecule has 1 N–H and O–H groups in total. The van der Waals surface area contributed by atoms with Crippen molar-refractivity contribution in [3.05, 3.63) is 62.5 Å². The summed E-state index contributed by atoms with van der Waals surface area (Å²) in [6.07, 6.45) is 0. The molecule has 0 aliphatic rings. The van der Waals surface area contributed by atoms with Crippen molar-refractivity contribution in [2.75, 3.05) is 0 Å². The minimum atomic E-state index is -1.02. The Labute approximate surface area is 127 Å². The fraction of sp³-hybridized carbons (Fsp3) is 0.0714. The molecule has 2 aromatic carbocycles. The van der Waals surface area contributed by atoms with Crippen LogP contribution in [-0.2, 0) is 6.61 Å². The molecule has 0 aliphatic heterocycles. The molecule has 0 fully saturated rings. The van der Waals surface area contributed by atoms with Crippen LogP contribution in [0.5, 0.6) is 5.75 Å². The van der Waals surface area contributed by atoms with Crippen LogP contribution in [-0.4, -0.2) is 11.1 Å². The standard InChI is InChI=1S/C14H10Br2O3/c15-10-6-11(14(17)18)13(12(16)7-10)19-8-9-4-2-1-3-5-9/h1-7H,8H2,(H,17,18). The number of halogens is 2. The van der Waals surface area contributed by atoms with E-state index in [1.165, 1.54) is 6.07 Å². The zero-order valence-corrected chi connectivity index (χ0v) is 12.9. The summed E-state index contributed by atoms with van der Waals surface area (Å²) >= 11 is 6.58. The van der Waals surface area contributed by atoms with Gasteiger partial charge in [-0.1, -0.05) is 46.3 Å². The van der Waals surface area contributed by atoms with Gasteiger partial charge in [-0.05, 0) is 33.6 Å². The van der Waals surface area contributed by atoms with E-state index in [2.05, 4.69) is 31.9 Å². The van der Waals surface area contributed by atoms with E-state index in [1.807, 2.05) is 30.3 Å². The van der Waals surface area contributed by atoms with Crippen molar-refractivity contribution >= 4 is 37.8 Å². The molecule has 2 aromatic rings. The smallest absolute Gasteiger partial charge is 0.339 e. The van der Waals surface area contributed by atoms with E-state index in [0.29, 0.717) is 21.3 Å². The fourth-order valence-electron chi connectivity index (χ4n) is 1.60. The van der Waals surface area contributed by atoms with Crippen molar-refractivity contribution in [3.63, 3.8) is 0 Å². The average molecular weight is 386 g/mol. The lowest BCUT2D eigenvalue weighted by molar-refractivity contribution is 0.0691. The predicted molar refractivity (Wildman–Crippen MR) is 79.6 cm³/mol. The van der Waals surface area contributed by atoms with Crippen LogP contribution in [0.3, 0.4) is 0 Å². The molecule has 0 unspecified atom stereocenters. The first-order valence-electron chi connectivity index (χ1n) is 5.47. The Kier molecular flexibility index (Phi) is 4.61. The minimum absolute atomic E-state index is 0.122. The van der Waals surface area contributed by atoms with Crippen LogP contribution in [0.15, 0.2) is 51.4 Å². The number of carboxylic acid groups (broad SMARTS) is 1. The number of aromatic carboxylic acids is 1. The van der Waals surface area contributed by atoms with Crippen LogP contribution < -0.4 is 4.74 Å². The lowest BCUT2D eigenvalue weighted by atomic mass is 10.2. The van der Waals surface area contributed by atoms with Crippen molar-refractivity contribution in [1.82, 2.24) is 0 Å². The molecule has 5 heteroatoms. The summed E-state index contributed by atoms with van der Waals surface area (Å²) in [7, 11) is 0. The Hall–Kier alpha value is -1.33. The van der Waals surface area contributed by atoms with Crippen molar-refractivity contribution in [2.45, 2.75) is 6.61 Å². The number of hydrogen-bond donors (Lipinski definition) is 1. The second-order valence-electron chi connectivity index (χ2n) is 3.84. The third kappa shape index (κ3) is 3.58. The van der Waals surface area contributed by atoms with E-state index >= 15 is 0 Å². The topological polar surface area (TPSA) is 46.5 Å². The number of ether oxygens (including phenoxy) is 1. The summed E-state index contributed by atoms with van der Waals surface area (Å²) in [5.74, 6) is -0.690. The molecule has 19 heavy (non-hydrogen) atoms. The van der Waals surface area contributed by atoms with Gasteiger partial charge in [0.2, 0.25) is 0 Å². The average Bonchev–Trinajstić information content (AvgIpc) is 2.38. The molecule has 0 heterocycles. The van der Waals surface area contributed by atoms with Gasteiger partial charge in [-0.25, -0.2) is 4.79 Å². The second-order valence-corrected chi connectivity index (χ2v) is 5.61. The highest BCUT2D eigenvalue weighted by atomic mass is 79.9. The molecule has 0 amide bonds. The van der Waals surface area contributed by atoms with Gasteiger partial charge in [-0.2, -0.15) is 0 Å². The van der Waals surface area contributed by atoms with Crippen LogP contribution in [0.2, 0.25) is 0 Å². The van der Waals surface area contributed by atoms with Gasteiger partial charge in [0.1, 0.15) is 17.9 Å². The first kappa shape index (κ1) is 14.1. The van der Waals surface area contributed by atoms with Crippen molar-refractivity contribution in [3.8, 4) is 5.75 Å². The maximum absolute atomic E-state index is 11.2. The molecule has 0 saturated heterocycles. The highest BCUT2D eigenvalue weighted by molar-refractivity contribution is 9.11. The van der Waals surface area contributed by atoms with Gasteiger partial charge in [-0.15, -0.1) is 0 Å². The van der Waals surface area contributed by atoms with Crippen molar-refractivity contribution in [2.24, 2.45) is 0 Å². The molecule has 98 valence electrons. The van der Waals surface area contributed by atoms with Gasteiger partial charge in [0.15, 0.2) is 0 Å². The number of carbonyl (C=O) groups is 1. The lowest BCUT2D eigenvalue weighted by Crippen LogP contribution is -2.04. The largest absolute Gasteiger partial charge is 0.487 e. The van der Waals surface area contributed by atoms with Crippen LogP contribution in [0.4, 0.5) is 0 Å². The molecule has 0 radical (unpaired) electrons. The zero-order valence-electron chi connectivity index (χ0n) is 9.77. The van der Waals surface area contributed by atoms with E-state index in [9.17, 15) is 9.90 Å². The summed E-state index contributed by atoms with van der Waals surface area (Å²) in [6.45, 7) is 0.321. The van der Waals surface area contributed by atoms with Gasteiger partial charge in [0.05, 0.1) is 4.47 Å². The number of benzene rings is 2. The first-order chi connectivity index (χ1) is 9.08. The van der Waals surface area contributed by atoms with Crippen LogP contribution in [0, 0.1) is 0 Å². The first-order valence-corrected chi connectivity index (χ1v) is 7.05. The van der Waals surface area contributed by atoms with E-state index in [0.717, 1.165) is 5.56 Å². The van der Waals surface area contributed by atoms with Gasteiger partial charge >= 0.3 is 5.97 Å². The SMILES string of the molecule is O=C(O)c1cc(Br)cc(Br)c1OCc1ccccc1. The number of hydrogen-bond acceptors (Lipinski definition) is 2. The Morgan fingerprint density at radius 2 is 1.84 bits per heavy atom. The Morgan fingerprint density at radius 3 is 2.47 bits per heavy atom. The van der Waals surface area contributed by atoms with Gasteiger partial charge < -0.3 is 9.84 Å². The molecular formula is C14H10Br2O3. The van der Waals surface area contributed by atoms with E-state index in [4.69, 9.17) is 4.74 Å². The van der Waals surface area contributed by atoms with Crippen LogP contribution in [0.1, 0.15) is 15.9 Å². The van der Waals surface area contributed by atoms with E-state index in [1.54, 1.807) is 6.07 Å². The molecule has 0 spiro atoms. The predicted octanol–water partition coefficient (Wildman–Crippen LogP) is 4.49. The van der Waals surface area contributed by atoms with Crippen LogP contribution >= 0.6 is 31.9 Å². The third-order valence-electron chi connectivity index (χ3n) is 2.46. The normalized spacial score (nSPS) is 10.2. The van der Waals surface area contributed by atoms with E-state index in [-0.39, 0.29) is 5.56 Å². The van der Waals surface area contributed by atoms with Gasteiger partial charge in [-0.3, -0.25) is 0 Å². The maximum atomic E-state index is 11.2. The van der Waals surface area contributed by atoms with E-state index < -0.39 is 5.97 Å². The van der Waals surface area contributed by atoms with Gasteiger partial charge in [0.25, 0.3) is 0 Å². The third-order valence-corrected chi connectivity index (χ3v) is 3.51. The second kappa shape index (κ2) is 6.21. The molecule has 2 rings (SSSR count). The lowest BCUT2D eigenvalue weighted by Gasteiger charge is -2.11. The summed E-state index contributed by atoms with van der Waals surface area (Å²) < 4.78 is 6.91. The zero-order chi connectivity index (χ0) is 13.8. The fourth-order valence-corrected chi connectivity index (χ4v) is 2.94. The summed E-state index contributed by atoms with van der Waals surface area (Å²) in [4.78, 5) is 11.2. The molecular weight excluding hydrogens is 376 g/mol. The summed E-state index contributed by atoms with van der Waals surface area (Å²) in [5.41, 5.74) is 1.10. The number of carboxylic acids is 1. The molecule has 0 bridgehead atoms. The highest BCUT2D eigenvalue weighted by Gasteiger charge is 2.16. The molecule has 0 atom stereocenters. The molecule has 0 aliphatic carbocycles. The summed E-state index contributed by atoms with van der Waals surface area (Å²) in [5, 5.41) is 9.19. The van der Waals surface area contributed by atoms with Crippen molar-refractivity contribution in [1.29, 1.82) is 0 Å². The highest BCUT2D eigenvalue weighted by Crippen LogP contribution is 2.33. The quantitative estimate of drug-likeness (QED) is 0.843. The maximum Gasteiger partial charge on any atom is 0.339 e.